The van der Waals surface area contributed by atoms with Crippen molar-refractivity contribution in [3.8, 4) is 11.3 Å². The third-order valence-corrected chi connectivity index (χ3v) is 5.06. The van der Waals surface area contributed by atoms with Crippen molar-refractivity contribution in [2.24, 2.45) is 4.99 Å². The molecule has 7 nitrogen and oxygen atoms in total. The Balaban J connectivity index is 0.00000289. The number of guanidine groups is 1. The van der Waals surface area contributed by atoms with Gasteiger partial charge in [-0.2, -0.15) is 0 Å². The second-order valence-electron chi connectivity index (χ2n) is 7.32. The number of aryl methyl sites for hydroxylation is 2. The Hall–Kier alpha value is -2.88. The molecule has 4 aromatic rings. The molecule has 0 aliphatic heterocycles. The van der Waals surface area contributed by atoms with Gasteiger partial charge in [0.25, 0.3) is 0 Å². The highest BCUT2D eigenvalue weighted by Gasteiger charge is 2.08. The van der Waals surface area contributed by atoms with E-state index in [2.05, 4.69) is 62.4 Å². The van der Waals surface area contributed by atoms with Gasteiger partial charge >= 0.3 is 0 Å². The van der Waals surface area contributed by atoms with E-state index in [-0.39, 0.29) is 24.0 Å². The average Bonchev–Trinajstić information content (AvgIpc) is 3.39. The summed E-state index contributed by atoms with van der Waals surface area (Å²) >= 11 is 0. The van der Waals surface area contributed by atoms with Gasteiger partial charge in [0.2, 0.25) is 0 Å². The lowest BCUT2D eigenvalue weighted by atomic mass is 10.2. The first-order chi connectivity index (χ1) is 15.2. The lowest BCUT2D eigenvalue weighted by molar-refractivity contribution is 0.424. The third-order valence-electron chi connectivity index (χ3n) is 5.06. The first-order valence-corrected chi connectivity index (χ1v) is 10.7. The van der Waals surface area contributed by atoms with Gasteiger partial charge in [-0.15, -0.1) is 24.0 Å². The van der Waals surface area contributed by atoms with Crippen LogP contribution < -0.4 is 10.6 Å². The van der Waals surface area contributed by atoms with Crippen LogP contribution >= 0.6 is 24.0 Å². The van der Waals surface area contributed by atoms with Crippen molar-refractivity contribution in [1.29, 1.82) is 0 Å². The Morgan fingerprint density at radius 3 is 2.66 bits per heavy atom. The van der Waals surface area contributed by atoms with Crippen LogP contribution in [0.2, 0.25) is 0 Å². The summed E-state index contributed by atoms with van der Waals surface area (Å²) in [5, 5.41) is 10.8. The quantitative estimate of drug-likeness (QED) is 0.145. The molecule has 8 heteroatoms. The first-order valence-electron chi connectivity index (χ1n) is 10.7. The van der Waals surface area contributed by atoms with E-state index in [9.17, 15) is 0 Å². The Morgan fingerprint density at radius 2 is 1.84 bits per heavy atom. The minimum atomic E-state index is 0. The molecule has 0 spiro atoms. The molecular weight excluding hydrogens is 515 g/mol. The average molecular weight is 544 g/mol. The predicted octanol–water partition coefficient (Wildman–Crippen LogP) is 4.76. The number of rotatable bonds is 8. The summed E-state index contributed by atoms with van der Waals surface area (Å²) in [4.78, 5) is 9.28. The Morgan fingerprint density at radius 1 is 1.06 bits per heavy atom. The zero-order valence-corrected chi connectivity index (χ0v) is 20.7. The second kappa shape index (κ2) is 11.7. The molecule has 0 saturated heterocycles. The predicted molar refractivity (Wildman–Crippen MR) is 139 cm³/mol. The number of benzene rings is 2. The van der Waals surface area contributed by atoms with E-state index in [1.807, 2.05) is 42.5 Å². The van der Waals surface area contributed by atoms with E-state index in [0.29, 0.717) is 6.54 Å². The van der Waals surface area contributed by atoms with Crippen molar-refractivity contribution in [1.82, 2.24) is 25.3 Å². The molecule has 0 fully saturated rings. The Bertz CT molecular complexity index is 1150. The van der Waals surface area contributed by atoms with Crippen molar-refractivity contribution in [2.45, 2.75) is 33.4 Å². The molecule has 0 saturated carbocycles. The van der Waals surface area contributed by atoms with Crippen LogP contribution in [0.3, 0.4) is 0 Å². The van der Waals surface area contributed by atoms with Gasteiger partial charge in [0.1, 0.15) is 11.5 Å². The lowest BCUT2D eigenvalue weighted by Gasteiger charge is -2.12. The minimum absolute atomic E-state index is 0. The molecule has 0 aliphatic carbocycles. The van der Waals surface area contributed by atoms with Gasteiger partial charge in [-0.1, -0.05) is 47.6 Å². The number of nitrogens with zero attached hydrogens (tertiary/aromatic N) is 4. The van der Waals surface area contributed by atoms with Gasteiger partial charge < -0.3 is 19.7 Å². The van der Waals surface area contributed by atoms with Gasteiger partial charge in [-0.3, -0.25) is 0 Å². The second-order valence-corrected chi connectivity index (χ2v) is 7.32. The molecule has 0 atom stereocenters. The third kappa shape index (κ3) is 5.87. The molecule has 0 radical (unpaired) electrons. The van der Waals surface area contributed by atoms with Crippen molar-refractivity contribution in [3.05, 3.63) is 72.2 Å². The van der Waals surface area contributed by atoms with Crippen LogP contribution in [0.15, 0.2) is 70.2 Å². The van der Waals surface area contributed by atoms with Gasteiger partial charge in [0, 0.05) is 31.3 Å². The minimum Gasteiger partial charge on any atom is -0.357 e. The van der Waals surface area contributed by atoms with Crippen LogP contribution in [-0.2, 0) is 13.1 Å². The fourth-order valence-electron chi connectivity index (χ4n) is 3.55. The van der Waals surface area contributed by atoms with Gasteiger partial charge in [0.15, 0.2) is 11.7 Å². The monoisotopic (exact) mass is 544 g/mol. The molecule has 0 unspecified atom stereocenters. The number of para-hydroxylation sites is 2. The molecule has 4 rings (SSSR count). The highest BCUT2D eigenvalue weighted by molar-refractivity contribution is 14.0. The number of halogens is 1. The molecule has 0 aliphatic rings. The largest absolute Gasteiger partial charge is 0.357 e. The number of aliphatic imine (C=N–C) groups is 1. The summed E-state index contributed by atoms with van der Waals surface area (Å²) < 4.78 is 7.73. The summed E-state index contributed by atoms with van der Waals surface area (Å²) in [5.41, 5.74) is 4.04. The molecule has 2 aromatic heterocycles. The van der Waals surface area contributed by atoms with E-state index in [0.717, 1.165) is 60.4 Å². The molecule has 0 amide bonds. The van der Waals surface area contributed by atoms with E-state index in [4.69, 9.17) is 4.52 Å². The van der Waals surface area contributed by atoms with Crippen LogP contribution in [0.4, 0.5) is 0 Å². The Labute approximate surface area is 205 Å². The van der Waals surface area contributed by atoms with Crippen LogP contribution in [0, 0.1) is 6.92 Å². The van der Waals surface area contributed by atoms with E-state index in [1.54, 1.807) is 0 Å². The number of aromatic nitrogens is 3. The van der Waals surface area contributed by atoms with Gasteiger partial charge in [0.05, 0.1) is 17.6 Å². The molecule has 32 heavy (non-hydrogen) atoms. The molecular formula is C24H29IN6O. The van der Waals surface area contributed by atoms with Crippen LogP contribution in [-0.4, -0.2) is 33.8 Å². The topological polar surface area (TPSA) is 80.3 Å². The maximum atomic E-state index is 5.46. The summed E-state index contributed by atoms with van der Waals surface area (Å²) in [7, 11) is 0. The number of fused-ring (bicyclic) bond motifs is 1. The SMILES string of the molecule is CCNC(=NCc1cc(-c2ccccc2)on1)NCCCn1c(C)nc2ccccc21.I. The zero-order valence-electron chi connectivity index (χ0n) is 18.4. The maximum absolute atomic E-state index is 5.46. The highest BCUT2D eigenvalue weighted by Crippen LogP contribution is 2.20. The van der Waals surface area contributed by atoms with E-state index >= 15 is 0 Å². The fourth-order valence-corrected chi connectivity index (χ4v) is 3.55. The van der Waals surface area contributed by atoms with Crippen molar-refractivity contribution in [3.63, 3.8) is 0 Å². The van der Waals surface area contributed by atoms with Crippen LogP contribution in [0.5, 0.6) is 0 Å². The molecule has 2 N–H and O–H groups in total. The summed E-state index contributed by atoms with van der Waals surface area (Å²) in [5.74, 6) is 2.58. The highest BCUT2D eigenvalue weighted by atomic mass is 127. The molecule has 168 valence electrons. The van der Waals surface area contributed by atoms with Crippen LogP contribution in [0.25, 0.3) is 22.4 Å². The lowest BCUT2D eigenvalue weighted by Crippen LogP contribution is -2.38. The zero-order chi connectivity index (χ0) is 21.5. The number of nitrogens with one attached hydrogen (secondary N) is 2. The summed E-state index contributed by atoms with van der Waals surface area (Å²) in [6, 6.07) is 20.2. The molecule has 2 aromatic carbocycles. The van der Waals surface area contributed by atoms with Crippen molar-refractivity contribution < 1.29 is 4.52 Å². The van der Waals surface area contributed by atoms with Gasteiger partial charge in [-0.05, 0) is 32.4 Å². The normalized spacial score (nSPS) is 11.4. The molecule has 0 bridgehead atoms. The first kappa shape index (κ1) is 23.8. The number of hydrogen-bond acceptors (Lipinski definition) is 4. The Kier molecular flexibility index (Phi) is 8.66. The van der Waals surface area contributed by atoms with E-state index < -0.39 is 0 Å². The number of hydrogen-bond donors (Lipinski definition) is 2. The summed E-state index contributed by atoms with van der Waals surface area (Å²) in [6.45, 7) is 7.08. The van der Waals surface area contributed by atoms with Crippen LogP contribution in [0.1, 0.15) is 24.9 Å². The smallest absolute Gasteiger partial charge is 0.191 e. The van der Waals surface area contributed by atoms with Gasteiger partial charge in [-0.25, -0.2) is 9.98 Å². The van der Waals surface area contributed by atoms with E-state index in [1.165, 1.54) is 5.52 Å². The van der Waals surface area contributed by atoms with Crippen molar-refractivity contribution >= 4 is 41.0 Å². The van der Waals surface area contributed by atoms with Crippen molar-refractivity contribution in [2.75, 3.05) is 13.1 Å². The fraction of sp³-hybridized carbons (Fsp3) is 0.292. The molecule has 2 heterocycles. The maximum Gasteiger partial charge on any atom is 0.191 e. The number of imidazole rings is 1. The standard InChI is InChI=1S/C24H28N6O.HI/c1-3-25-24(27-17-20-16-23(31-29-20)19-10-5-4-6-11-19)26-14-9-15-30-18(2)28-21-12-7-8-13-22(21)30;/h4-8,10-13,16H,3,9,14-15,17H2,1-2H3,(H2,25,26,27);1H. The summed E-state index contributed by atoms with van der Waals surface area (Å²) in [6.07, 6.45) is 0.966.